The summed E-state index contributed by atoms with van der Waals surface area (Å²) in [7, 11) is 0. The smallest absolute Gasteiger partial charge is 0.310 e. The lowest BCUT2D eigenvalue weighted by molar-refractivity contribution is -0.138. The van der Waals surface area contributed by atoms with Crippen molar-refractivity contribution in [3.8, 4) is 0 Å². The van der Waals surface area contributed by atoms with Crippen molar-refractivity contribution in [2.75, 3.05) is 0 Å². The number of carbonyl (C=O) groups excluding carboxylic acids is 1. The van der Waals surface area contributed by atoms with Gasteiger partial charge in [0.15, 0.2) is 0 Å². The Morgan fingerprint density at radius 1 is 1.27 bits per heavy atom. The number of ether oxygens (including phenoxy) is 1. The molecule has 0 aliphatic carbocycles. The van der Waals surface area contributed by atoms with Crippen molar-refractivity contribution in [1.29, 1.82) is 0 Å². The van der Waals surface area contributed by atoms with Crippen LogP contribution in [-0.4, -0.2) is 5.97 Å². The molecule has 2 nitrogen and oxygen atoms in total. The molecule has 15 heavy (non-hydrogen) atoms. The highest BCUT2D eigenvalue weighted by Gasteiger charge is 2.04. The van der Waals surface area contributed by atoms with Gasteiger partial charge in [0.05, 0.1) is 0 Å². The second kappa shape index (κ2) is 7.80. The Bertz CT molecular complexity index is 286. The van der Waals surface area contributed by atoms with E-state index in [1.807, 2.05) is 13.0 Å². The van der Waals surface area contributed by atoms with Gasteiger partial charge in [-0.2, -0.15) is 0 Å². The van der Waals surface area contributed by atoms with Crippen molar-refractivity contribution in [2.24, 2.45) is 0 Å². The third-order valence-corrected chi connectivity index (χ3v) is 1.74. The quantitative estimate of drug-likeness (QED) is 0.377. The summed E-state index contributed by atoms with van der Waals surface area (Å²) in [5, 5.41) is 0. The summed E-state index contributed by atoms with van der Waals surface area (Å²) in [6.07, 6.45) is 8.16. The summed E-state index contributed by atoms with van der Waals surface area (Å²) in [5.74, 6) is 0.251. The number of esters is 1. The molecule has 0 heterocycles. The number of rotatable bonds is 6. The predicted molar refractivity (Wildman–Crippen MR) is 63.2 cm³/mol. The van der Waals surface area contributed by atoms with Crippen molar-refractivity contribution in [3.63, 3.8) is 0 Å². The zero-order valence-corrected chi connectivity index (χ0v) is 9.45. The molecule has 0 amide bonds. The topological polar surface area (TPSA) is 26.3 Å². The summed E-state index contributed by atoms with van der Waals surface area (Å²) in [4.78, 5) is 11.2. The van der Waals surface area contributed by atoms with Gasteiger partial charge in [-0.15, -0.1) is 0 Å². The van der Waals surface area contributed by atoms with Gasteiger partial charge >= 0.3 is 5.97 Å². The average Bonchev–Trinajstić information content (AvgIpc) is 2.26. The first-order valence-electron chi connectivity index (χ1n) is 5.05. The first-order chi connectivity index (χ1) is 7.19. The van der Waals surface area contributed by atoms with Crippen LogP contribution in [0.4, 0.5) is 0 Å². The fourth-order valence-corrected chi connectivity index (χ4v) is 0.893. The minimum atomic E-state index is -0.257. The van der Waals surface area contributed by atoms with E-state index in [0.717, 1.165) is 12.0 Å². The molecular formula is C13H18O2. The van der Waals surface area contributed by atoms with Gasteiger partial charge in [-0.3, -0.25) is 4.79 Å². The Morgan fingerprint density at radius 3 is 2.27 bits per heavy atom. The first-order valence-corrected chi connectivity index (χ1v) is 5.05. The molecule has 0 atom stereocenters. The molecule has 0 saturated carbocycles. The molecule has 0 aromatic carbocycles. The van der Waals surface area contributed by atoms with Gasteiger partial charge in [-0.25, -0.2) is 0 Å². The van der Waals surface area contributed by atoms with Crippen LogP contribution in [-0.2, 0) is 9.53 Å². The Kier molecular flexibility index (Phi) is 6.98. The minimum Gasteiger partial charge on any atom is -0.426 e. The number of hydrogen-bond donors (Lipinski definition) is 0. The molecule has 2 heteroatoms. The lowest BCUT2D eigenvalue weighted by Crippen LogP contribution is -2.02. The van der Waals surface area contributed by atoms with Gasteiger partial charge in [-0.05, 0) is 12.5 Å². The number of allylic oxidation sites excluding steroid dienone is 5. The van der Waals surface area contributed by atoms with Crippen LogP contribution in [0.25, 0.3) is 0 Å². The van der Waals surface area contributed by atoms with E-state index in [1.165, 1.54) is 0 Å². The highest BCUT2D eigenvalue weighted by atomic mass is 16.5. The van der Waals surface area contributed by atoms with Crippen molar-refractivity contribution >= 4 is 5.97 Å². The van der Waals surface area contributed by atoms with E-state index in [0.29, 0.717) is 12.2 Å². The molecule has 0 aliphatic heterocycles. The van der Waals surface area contributed by atoms with Crippen LogP contribution in [0, 0.1) is 0 Å². The molecule has 0 spiro atoms. The molecule has 82 valence electrons. The van der Waals surface area contributed by atoms with Gasteiger partial charge in [0.2, 0.25) is 0 Å². The summed E-state index contributed by atoms with van der Waals surface area (Å²) in [5.41, 5.74) is 0.724. The number of carbonyl (C=O) groups is 1. The zero-order valence-electron chi connectivity index (χ0n) is 9.45. The fourth-order valence-electron chi connectivity index (χ4n) is 0.893. The van der Waals surface area contributed by atoms with Crippen LogP contribution in [0.3, 0.4) is 0 Å². The van der Waals surface area contributed by atoms with E-state index >= 15 is 0 Å². The fraction of sp³-hybridized carbons (Fsp3) is 0.308. The van der Waals surface area contributed by atoms with Crippen molar-refractivity contribution in [1.82, 2.24) is 0 Å². The minimum absolute atomic E-state index is 0.257. The Balaban J connectivity index is 4.94. The van der Waals surface area contributed by atoms with Crippen molar-refractivity contribution in [3.05, 3.63) is 48.8 Å². The third-order valence-electron chi connectivity index (χ3n) is 1.74. The average molecular weight is 206 g/mol. The normalized spacial score (nSPS) is 9.73. The van der Waals surface area contributed by atoms with Crippen LogP contribution in [0.2, 0.25) is 0 Å². The van der Waals surface area contributed by atoms with Crippen LogP contribution < -0.4 is 0 Å². The Morgan fingerprint density at radius 2 is 1.87 bits per heavy atom. The van der Waals surface area contributed by atoms with Crippen molar-refractivity contribution < 1.29 is 9.53 Å². The molecule has 0 radical (unpaired) electrons. The number of hydrogen-bond acceptors (Lipinski definition) is 2. The molecule has 0 aromatic rings. The predicted octanol–water partition coefficient (Wildman–Crippen LogP) is 3.53. The van der Waals surface area contributed by atoms with Gasteiger partial charge in [0, 0.05) is 12.0 Å². The summed E-state index contributed by atoms with van der Waals surface area (Å²) in [6.45, 7) is 11.0. The second-order valence-electron chi connectivity index (χ2n) is 2.87. The monoisotopic (exact) mass is 206 g/mol. The van der Waals surface area contributed by atoms with Crippen LogP contribution in [0.5, 0.6) is 0 Å². The Hall–Kier alpha value is -1.57. The third kappa shape index (κ3) is 5.01. The summed E-state index contributed by atoms with van der Waals surface area (Å²) < 4.78 is 5.16. The SMILES string of the molecule is C=CC(C=C)=C(/C=C\CC)OC(=O)CC. The van der Waals surface area contributed by atoms with Gasteiger partial charge in [0.1, 0.15) is 5.76 Å². The molecule has 0 unspecified atom stereocenters. The molecular weight excluding hydrogens is 188 g/mol. The van der Waals surface area contributed by atoms with Crippen LogP contribution >= 0.6 is 0 Å². The molecule has 0 fully saturated rings. The van der Waals surface area contributed by atoms with E-state index in [9.17, 15) is 4.79 Å². The maximum Gasteiger partial charge on any atom is 0.310 e. The van der Waals surface area contributed by atoms with E-state index in [1.54, 1.807) is 25.2 Å². The van der Waals surface area contributed by atoms with Crippen molar-refractivity contribution in [2.45, 2.75) is 26.7 Å². The summed E-state index contributed by atoms with van der Waals surface area (Å²) in [6, 6.07) is 0. The standard InChI is InChI=1S/C13H18O2/c1-5-9-10-12(11(6-2)7-3)15-13(14)8-4/h6-7,9-10H,2-3,5,8H2,1,4H3/b10-9-. The first kappa shape index (κ1) is 13.4. The molecule has 0 aromatic heterocycles. The van der Waals surface area contributed by atoms with E-state index in [2.05, 4.69) is 13.2 Å². The van der Waals surface area contributed by atoms with E-state index in [4.69, 9.17) is 4.74 Å². The second-order valence-corrected chi connectivity index (χ2v) is 2.87. The van der Waals surface area contributed by atoms with E-state index < -0.39 is 0 Å². The molecule has 0 N–H and O–H groups in total. The Labute approximate surface area is 91.6 Å². The van der Waals surface area contributed by atoms with Crippen LogP contribution in [0.1, 0.15) is 26.7 Å². The maximum atomic E-state index is 11.2. The largest absolute Gasteiger partial charge is 0.426 e. The maximum absolute atomic E-state index is 11.2. The summed E-state index contributed by atoms with van der Waals surface area (Å²) >= 11 is 0. The van der Waals surface area contributed by atoms with Gasteiger partial charge in [-0.1, -0.05) is 45.2 Å². The highest BCUT2D eigenvalue weighted by molar-refractivity contribution is 5.71. The van der Waals surface area contributed by atoms with Crippen LogP contribution in [0.15, 0.2) is 48.8 Å². The van der Waals surface area contributed by atoms with Gasteiger partial charge < -0.3 is 4.74 Å². The lowest BCUT2D eigenvalue weighted by Gasteiger charge is -2.06. The molecule has 0 bridgehead atoms. The zero-order chi connectivity index (χ0) is 11.7. The molecule has 0 aliphatic rings. The van der Waals surface area contributed by atoms with E-state index in [-0.39, 0.29) is 5.97 Å². The molecule has 0 rings (SSSR count). The molecule has 0 saturated heterocycles. The van der Waals surface area contributed by atoms with Gasteiger partial charge in [0.25, 0.3) is 0 Å². The lowest BCUT2D eigenvalue weighted by atomic mass is 10.2. The highest BCUT2D eigenvalue weighted by Crippen LogP contribution is 2.12.